The zero-order valence-electron chi connectivity index (χ0n) is 14.4. The van der Waals surface area contributed by atoms with Gasteiger partial charge >= 0.3 is 0 Å². The van der Waals surface area contributed by atoms with Crippen molar-refractivity contribution in [1.82, 2.24) is 9.88 Å². The van der Waals surface area contributed by atoms with Gasteiger partial charge in [-0.25, -0.2) is 9.37 Å². The van der Waals surface area contributed by atoms with Gasteiger partial charge in [0.1, 0.15) is 5.82 Å². The lowest BCUT2D eigenvalue weighted by molar-refractivity contribution is -0.114. The number of aryl methyl sites for hydroxylation is 1. The molecule has 25 heavy (non-hydrogen) atoms. The van der Waals surface area contributed by atoms with Crippen LogP contribution >= 0.6 is 11.3 Å². The highest BCUT2D eigenvalue weighted by atomic mass is 32.1. The molecule has 1 amide bonds. The van der Waals surface area contributed by atoms with Gasteiger partial charge in [-0.3, -0.25) is 9.69 Å². The zero-order valence-corrected chi connectivity index (χ0v) is 15.2. The summed E-state index contributed by atoms with van der Waals surface area (Å²) < 4.78 is 19.3. The summed E-state index contributed by atoms with van der Waals surface area (Å²) in [7, 11) is 0. The second kappa shape index (κ2) is 8.03. The summed E-state index contributed by atoms with van der Waals surface area (Å²) in [6, 6.07) is 5.24. The van der Waals surface area contributed by atoms with Gasteiger partial charge < -0.3 is 10.1 Å². The van der Waals surface area contributed by atoms with Gasteiger partial charge in [-0.15, -0.1) is 11.3 Å². The van der Waals surface area contributed by atoms with E-state index in [0.29, 0.717) is 17.3 Å². The van der Waals surface area contributed by atoms with Crippen molar-refractivity contribution >= 4 is 22.4 Å². The van der Waals surface area contributed by atoms with Gasteiger partial charge in [0, 0.05) is 37.6 Å². The normalized spacial score (nSPS) is 18.3. The van der Waals surface area contributed by atoms with Crippen molar-refractivity contribution in [1.29, 1.82) is 0 Å². The topological polar surface area (TPSA) is 54.5 Å². The van der Waals surface area contributed by atoms with Crippen molar-refractivity contribution in [2.24, 2.45) is 0 Å². The molecule has 0 spiro atoms. The largest absolute Gasteiger partial charge is 0.375 e. The lowest BCUT2D eigenvalue weighted by atomic mass is 10.0. The van der Waals surface area contributed by atoms with E-state index in [1.54, 1.807) is 6.92 Å². The number of ether oxygens (including phenoxy) is 1. The molecule has 0 unspecified atom stereocenters. The predicted molar refractivity (Wildman–Crippen MR) is 96.3 cm³/mol. The standard InChI is InChI=1S/C18H22FN3O2S/c1-12-7-14(3-4-17(12)19)8-15-10-22(5-6-24-15)11-16-9-20-18(25-16)21-13(2)23/h3-4,7,9,15H,5-6,8,10-11H2,1-2H3,(H,20,21,23)/t15-/m1/s1. The molecule has 1 fully saturated rings. The van der Waals surface area contributed by atoms with Crippen molar-refractivity contribution in [3.8, 4) is 0 Å². The van der Waals surface area contributed by atoms with Crippen molar-refractivity contribution in [3.63, 3.8) is 0 Å². The number of anilines is 1. The third-order valence-electron chi connectivity index (χ3n) is 4.12. The molecule has 1 N–H and O–H groups in total. The van der Waals surface area contributed by atoms with Crippen LogP contribution < -0.4 is 5.32 Å². The SMILES string of the molecule is CC(=O)Nc1ncc(CN2CCO[C@H](Cc3ccc(F)c(C)c3)C2)s1. The first-order chi connectivity index (χ1) is 12.0. The Labute approximate surface area is 150 Å². The van der Waals surface area contributed by atoms with E-state index in [1.807, 2.05) is 18.3 Å². The van der Waals surface area contributed by atoms with Gasteiger partial charge in [0.05, 0.1) is 12.7 Å². The van der Waals surface area contributed by atoms with E-state index in [-0.39, 0.29) is 17.8 Å². The maximum atomic E-state index is 13.4. The molecule has 0 radical (unpaired) electrons. The molecule has 134 valence electrons. The Morgan fingerprint density at radius 2 is 2.36 bits per heavy atom. The fourth-order valence-electron chi connectivity index (χ4n) is 2.95. The average molecular weight is 363 g/mol. The minimum Gasteiger partial charge on any atom is -0.375 e. The first-order valence-corrected chi connectivity index (χ1v) is 9.12. The Bertz CT molecular complexity index is 750. The number of carbonyl (C=O) groups excluding carboxylic acids is 1. The van der Waals surface area contributed by atoms with Crippen LogP contribution in [0.25, 0.3) is 0 Å². The number of hydrogen-bond acceptors (Lipinski definition) is 5. The molecular formula is C18H22FN3O2S. The van der Waals surface area contributed by atoms with Crippen LogP contribution in [0.1, 0.15) is 22.9 Å². The molecule has 1 aliphatic heterocycles. The summed E-state index contributed by atoms with van der Waals surface area (Å²) in [6.07, 6.45) is 2.68. The van der Waals surface area contributed by atoms with Crippen LogP contribution in [0.15, 0.2) is 24.4 Å². The summed E-state index contributed by atoms with van der Waals surface area (Å²) in [5, 5.41) is 3.34. The molecule has 1 atom stereocenters. The van der Waals surface area contributed by atoms with Gasteiger partial charge in [-0.05, 0) is 30.5 Å². The third-order valence-corrected chi connectivity index (χ3v) is 5.02. The Hall–Kier alpha value is -1.83. The second-order valence-corrected chi connectivity index (χ2v) is 7.44. The number of hydrogen-bond donors (Lipinski definition) is 1. The molecule has 1 aliphatic rings. The van der Waals surface area contributed by atoms with Crippen LogP contribution in [0.2, 0.25) is 0 Å². The number of aromatic nitrogens is 1. The van der Waals surface area contributed by atoms with E-state index in [0.717, 1.165) is 36.5 Å². The number of nitrogens with zero attached hydrogens (tertiary/aromatic N) is 2. The van der Waals surface area contributed by atoms with Crippen molar-refractivity contribution in [2.45, 2.75) is 32.9 Å². The third kappa shape index (κ3) is 5.07. The molecule has 1 aromatic heterocycles. The Kier molecular flexibility index (Phi) is 5.78. The van der Waals surface area contributed by atoms with E-state index in [9.17, 15) is 9.18 Å². The predicted octanol–water partition coefficient (Wildman–Crippen LogP) is 2.99. The van der Waals surface area contributed by atoms with E-state index in [1.165, 1.54) is 24.3 Å². The smallest absolute Gasteiger partial charge is 0.223 e. The number of carbonyl (C=O) groups is 1. The molecule has 7 heteroatoms. The lowest BCUT2D eigenvalue weighted by Crippen LogP contribution is -2.42. The Morgan fingerprint density at radius 3 is 3.12 bits per heavy atom. The minimum absolute atomic E-state index is 0.0985. The highest BCUT2D eigenvalue weighted by Gasteiger charge is 2.21. The number of amides is 1. The summed E-state index contributed by atoms with van der Waals surface area (Å²) in [6.45, 7) is 6.42. The van der Waals surface area contributed by atoms with E-state index in [4.69, 9.17) is 4.74 Å². The van der Waals surface area contributed by atoms with Crippen LogP contribution in [0.4, 0.5) is 9.52 Å². The molecule has 1 aromatic carbocycles. The van der Waals surface area contributed by atoms with E-state index < -0.39 is 0 Å². The van der Waals surface area contributed by atoms with Crippen LogP contribution in [-0.4, -0.2) is 41.6 Å². The van der Waals surface area contributed by atoms with Gasteiger partial charge in [0.2, 0.25) is 5.91 Å². The number of halogens is 1. The van der Waals surface area contributed by atoms with Crippen LogP contribution in [0, 0.1) is 12.7 Å². The maximum absolute atomic E-state index is 13.4. The van der Waals surface area contributed by atoms with Gasteiger partial charge in [-0.2, -0.15) is 0 Å². The monoisotopic (exact) mass is 363 g/mol. The number of nitrogens with one attached hydrogen (secondary N) is 1. The maximum Gasteiger partial charge on any atom is 0.223 e. The van der Waals surface area contributed by atoms with Crippen molar-refractivity contribution in [3.05, 3.63) is 46.2 Å². The molecular weight excluding hydrogens is 341 g/mol. The van der Waals surface area contributed by atoms with Crippen LogP contribution in [0.3, 0.4) is 0 Å². The van der Waals surface area contributed by atoms with Crippen LogP contribution in [0.5, 0.6) is 0 Å². The Balaban J connectivity index is 1.56. The van der Waals surface area contributed by atoms with Gasteiger partial charge in [0.25, 0.3) is 0 Å². The number of morpholine rings is 1. The van der Waals surface area contributed by atoms with E-state index in [2.05, 4.69) is 15.2 Å². The highest BCUT2D eigenvalue weighted by molar-refractivity contribution is 7.15. The molecule has 5 nitrogen and oxygen atoms in total. The first-order valence-electron chi connectivity index (χ1n) is 8.31. The second-order valence-electron chi connectivity index (χ2n) is 6.33. The number of thiazole rings is 1. The average Bonchev–Trinajstić information content (AvgIpc) is 2.97. The molecule has 0 aliphatic carbocycles. The molecule has 3 rings (SSSR count). The van der Waals surface area contributed by atoms with Crippen molar-refractivity contribution in [2.75, 3.05) is 25.0 Å². The molecule has 2 aromatic rings. The summed E-state index contributed by atoms with van der Waals surface area (Å²) in [4.78, 5) is 18.7. The summed E-state index contributed by atoms with van der Waals surface area (Å²) in [5.41, 5.74) is 1.76. The highest BCUT2D eigenvalue weighted by Crippen LogP contribution is 2.21. The van der Waals surface area contributed by atoms with Gasteiger partial charge in [-0.1, -0.05) is 12.1 Å². The molecule has 0 bridgehead atoms. The minimum atomic E-state index is -0.171. The molecule has 0 saturated carbocycles. The van der Waals surface area contributed by atoms with E-state index >= 15 is 0 Å². The number of rotatable bonds is 5. The fourth-order valence-corrected chi connectivity index (χ4v) is 3.85. The number of benzene rings is 1. The lowest BCUT2D eigenvalue weighted by Gasteiger charge is -2.32. The summed E-state index contributed by atoms with van der Waals surface area (Å²) in [5.74, 6) is -0.281. The first kappa shape index (κ1) is 18.0. The van der Waals surface area contributed by atoms with Gasteiger partial charge in [0.15, 0.2) is 5.13 Å². The fraction of sp³-hybridized carbons (Fsp3) is 0.444. The zero-order chi connectivity index (χ0) is 17.8. The quantitative estimate of drug-likeness (QED) is 0.887. The molecule has 2 heterocycles. The van der Waals surface area contributed by atoms with Crippen LogP contribution in [-0.2, 0) is 22.5 Å². The van der Waals surface area contributed by atoms with Crippen molar-refractivity contribution < 1.29 is 13.9 Å². The molecule has 1 saturated heterocycles. The Morgan fingerprint density at radius 1 is 1.52 bits per heavy atom. The summed E-state index contributed by atoms with van der Waals surface area (Å²) >= 11 is 1.50.